The van der Waals surface area contributed by atoms with Gasteiger partial charge >= 0.3 is 24.1 Å². The molecule has 2 amide bonds. The maximum Gasteiger partial charge on any atom is 0.573 e. The maximum absolute atomic E-state index is 12.4. The molecule has 12 nitrogen and oxygen atoms in total. The van der Waals surface area contributed by atoms with E-state index < -0.39 is 47.4 Å². The number of nitrogens with zero attached hydrogens (tertiary/aromatic N) is 4. The number of carbonyl (C=O) groups is 2. The molecule has 0 unspecified atom stereocenters. The van der Waals surface area contributed by atoms with Crippen molar-refractivity contribution in [2.75, 3.05) is 10.6 Å². The first-order valence-electron chi connectivity index (χ1n) is 14.1. The molecule has 0 saturated heterocycles. The van der Waals surface area contributed by atoms with Crippen LogP contribution in [0.25, 0.3) is 0 Å². The topological polar surface area (TPSA) is 146 Å². The first kappa shape index (κ1) is 35.2. The standard InChI is InChI=1S/C30H26F6N6O6/c31-29(32,33)47-21-7-3-5-19(15-21)17-25(43)37-23-9-13-41(27(45)39-23)11-1-2-12-42-14-10-24(40-28(42)46)38-26(44)18-20-6-4-8-22(16-20)48-30(34,35)36/h3-10,13-16H,1-2,11-12,17-18H2,(H,37,39,43,45)(H,38,40,44,46). The van der Waals surface area contributed by atoms with Gasteiger partial charge in [0, 0.05) is 25.5 Å². The lowest BCUT2D eigenvalue weighted by molar-refractivity contribution is -0.275. The molecule has 4 aromatic rings. The molecule has 0 aliphatic rings. The van der Waals surface area contributed by atoms with Gasteiger partial charge in [0.1, 0.15) is 23.1 Å². The third-order valence-corrected chi connectivity index (χ3v) is 6.32. The molecule has 0 saturated carbocycles. The molecule has 0 fully saturated rings. The molecule has 18 heteroatoms. The number of anilines is 2. The highest BCUT2D eigenvalue weighted by Gasteiger charge is 2.32. The van der Waals surface area contributed by atoms with Crippen LogP contribution in [0.2, 0.25) is 0 Å². The highest BCUT2D eigenvalue weighted by Crippen LogP contribution is 2.24. The van der Waals surface area contributed by atoms with Crippen LogP contribution in [0.1, 0.15) is 24.0 Å². The summed E-state index contributed by atoms with van der Waals surface area (Å²) in [6.07, 6.45) is -6.61. The van der Waals surface area contributed by atoms with Crippen LogP contribution in [-0.2, 0) is 35.5 Å². The van der Waals surface area contributed by atoms with Gasteiger partial charge in [0.25, 0.3) is 0 Å². The minimum Gasteiger partial charge on any atom is -0.406 e. The normalized spacial score (nSPS) is 11.5. The van der Waals surface area contributed by atoms with Crippen LogP contribution in [0.15, 0.2) is 82.6 Å². The summed E-state index contributed by atoms with van der Waals surface area (Å²) in [6, 6.07) is 12.6. The Balaban J connectivity index is 1.22. The minimum atomic E-state index is -4.88. The van der Waals surface area contributed by atoms with Gasteiger partial charge in [-0.25, -0.2) is 9.59 Å². The van der Waals surface area contributed by atoms with Crippen molar-refractivity contribution in [2.45, 2.75) is 51.5 Å². The summed E-state index contributed by atoms with van der Waals surface area (Å²) in [5, 5.41) is 4.84. The van der Waals surface area contributed by atoms with E-state index in [-0.39, 0.29) is 48.7 Å². The largest absolute Gasteiger partial charge is 0.573 e. The number of nitrogens with one attached hydrogen (secondary N) is 2. The van der Waals surface area contributed by atoms with Crippen molar-refractivity contribution >= 4 is 23.5 Å². The molecule has 0 spiro atoms. The van der Waals surface area contributed by atoms with Crippen molar-refractivity contribution in [3.05, 3.63) is 105 Å². The summed E-state index contributed by atoms with van der Waals surface area (Å²) >= 11 is 0. The number of aryl methyl sites for hydroxylation is 2. The quantitative estimate of drug-likeness (QED) is 0.156. The summed E-state index contributed by atoms with van der Waals surface area (Å²) in [6.45, 7) is 0.467. The Labute approximate surface area is 267 Å². The predicted octanol–water partition coefficient (Wildman–Crippen LogP) is 4.44. The molecule has 0 atom stereocenters. The Bertz CT molecular complexity index is 1740. The zero-order chi connectivity index (χ0) is 34.9. The van der Waals surface area contributed by atoms with Gasteiger partial charge < -0.3 is 20.1 Å². The van der Waals surface area contributed by atoms with Crippen LogP contribution in [0.3, 0.4) is 0 Å². The monoisotopic (exact) mass is 680 g/mol. The fourth-order valence-corrected chi connectivity index (χ4v) is 4.35. The minimum absolute atomic E-state index is 0.0438. The van der Waals surface area contributed by atoms with Crippen LogP contribution in [0, 0.1) is 0 Å². The second kappa shape index (κ2) is 15.3. The van der Waals surface area contributed by atoms with Gasteiger partial charge in [-0.2, -0.15) is 9.97 Å². The molecule has 0 radical (unpaired) electrons. The summed E-state index contributed by atoms with van der Waals surface area (Å²) in [4.78, 5) is 57.1. The molecule has 0 aliphatic carbocycles. The van der Waals surface area contributed by atoms with E-state index in [1.165, 1.54) is 57.9 Å². The van der Waals surface area contributed by atoms with E-state index in [1.54, 1.807) is 0 Å². The molecular formula is C30H26F6N6O6. The van der Waals surface area contributed by atoms with Crippen molar-refractivity contribution in [2.24, 2.45) is 0 Å². The van der Waals surface area contributed by atoms with E-state index in [2.05, 4.69) is 30.1 Å². The molecule has 254 valence electrons. The van der Waals surface area contributed by atoms with E-state index in [0.717, 1.165) is 24.3 Å². The smallest absolute Gasteiger partial charge is 0.406 e. The van der Waals surface area contributed by atoms with Crippen LogP contribution in [0.5, 0.6) is 11.5 Å². The van der Waals surface area contributed by atoms with E-state index in [0.29, 0.717) is 12.8 Å². The van der Waals surface area contributed by atoms with Crippen molar-refractivity contribution in [1.29, 1.82) is 0 Å². The fraction of sp³-hybridized carbons (Fsp3) is 0.267. The Hall–Kier alpha value is -5.68. The van der Waals surface area contributed by atoms with Gasteiger partial charge in [-0.15, -0.1) is 26.3 Å². The van der Waals surface area contributed by atoms with Gasteiger partial charge in [-0.1, -0.05) is 24.3 Å². The number of ether oxygens (including phenoxy) is 2. The highest BCUT2D eigenvalue weighted by molar-refractivity contribution is 5.91. The Kier molecular flexibility index (Phi) is 11.2. The molecule has 4 rings (SSSR count). The predicted molar refractivity (Wildman–Crippen MR) is 157 cm³/mol. The van der Waals surface area contributed by atoms with Crippen LogP contribution in [-0.4, -0.2) is 43.6 Å². The Morgan fingerprint density at radius 2 is 1.04 bits per heavy atom. The molecule has 2 heterocycles. The van der Waals surface area contributed by atoms with Crippen LogP contribution >= 0.6 is 0 Å². The summed E-state index contributed by atoms with van der Waals surface area (Å²) in [5.74, 6) is -2.26. The van der Waals surface area contributed by atoms with E-state index in [9.17, 15) is 45.5 Å². The number of hydrogen-bond acceptors (Lipinski definition) is 8. The number of halogens is 6. The average molecular weight is 681 g/mol. The number of unbranched alkanes of at least 4 members (excludes halogenated alkanes) is 1. The lowest BCUT2D eigenvalue weighted by Crippen LogP contribution is -2.26. The van der Waals surface area contributed by atoms with Crippen molar-refractivity contribution in [3.63, 3.8) is 0 Å². The first-order valence-corrected chi connectivity index (χ1v) is 14.1. The van der Waals surface area contributed by atoms with E-state index in [1.807, 2.05) is 0 Å². The molecule has 48 heavy (non-hydrogen) atoms. The van der Waals surface area contributed by atoms with E-state index in [4.69, 9.17) is 0 Å². The molecule has 2 N–H and O–H groups in total. The van der Waals surface area contributed by atoms with E-state index >= 15 is 0 Å². The Morgan fingerprint density at radius 3 is 1.40 bits per heavy atom. The molecule has 2 aromatic carbocycles. The number of amides is 2. The second-order valence-corrected chi connectivity index (χ2v) is 10.1. The molecule has 0 aliphatic heterocycles. The lowest BCUT2D eigenvalue weighted by Gasteiger charge is -2.11. The molecular weight excluding hydrogens is 654 g/mol. The SMILES string of the molecule is O=C(Cc1cccc(OC(F)(F)F)c1)Nc1ccn(CCCCn2ccc(NC(=O)Cc3cccc(OC(F)(F)F)c3)nc2=O)c(=O)n1. The molecule has 2 aromatic heterocycles. The zero-order valence-electron chi connectivity index (χ0n) is 24.7. The van der Waals surface area contributed by atoms with Gasteiger partial charge in [0.2, 0.25) is 11.8 Å². The number of alkyl halides is 6. The summed E-state index contributed by atoms with van der Waals surface area (Å²) in [7, 11) is 0. The second-order valence-electron chi connectivity index (χ2n) is 10.1. The van der Waals surface area contributed by atoms with Crippen molar-refractivity contribution in [3.8, 4) is 11.5 Å². The summed E-state index contributed by atoms with van der Waals surface area (Å²) < 4.78 is 84.8. The van der Waals surface area contributed by atoms with Gasteiger partial charge in [-0.3, -0.25) is 18.7 Å². The number of aromatic nitrogens is 4. The average Bonchev–Trinajstić information content (AvgIpc) is 2.95. The number of benzene rings is 2. The number of rotatable bonds is 13. The zero-order valence-corrected chi connectivity index (χ0v) is 24.7. The number of hydrogen-bond donors (Lipinski definition) is 2. The van der Waals surface area contributed by atoms with Gasteiger partial charge in [-0.05, 0) is 60.4 Å². The number of carbonyl (C=O) groups excluding carboxylic acids is 2. The highest BCUT2D eigenvalue weighted by atomic mass is 19.4. The fourth-order valence-electron chi connectivity index (χ4n) is 4.35. The Morgan fingerprint density at radius 1 is 0.646 bits per heavy atom. The first-order chi connectivity index (χ1) is 22.6. The maximum atomic E-state index is 12.4. The third kappa shape index (κ3) is 11.6. The van der Waals surface area contributed by atoms with Crippen LogP contribution in [0.4, 0.5) is 38.0 Å². The third-order valence-electron chi connectivity index (χ3n) is 6.32. The summed E-state index contributed by atoms with van der Waals surface area (Å²) in [5.41, 5.74) is -0.822. The van der Waals surface area contributed by atoms with Crippen molar-refractivity contribution < 1.29 is 45.4 Å². The van der Waals surface area contributed by atoms with Gasteiger partial charge in [0.15, 0.2) is 0 Å². The van der Waals surface area contributed by atoms with Crippen molar-refractivity contribution in [1.82, 2.24) is 19.1 Å². The lowest BCUT2D eigenvalue weighted by atomic mass is 10.1. The van der Waals surface area contributed by atoms with Gasteiger partial charge in [0.05, 0.1) is 12.8 Å². The molecule has 0 bridgehead atoms. The van der Waals surface area contributed by atoms with Crippen LogP contribution < -0.4 is 31.5 Å².